The number of carboxylic acids is 2. The van der Waals surface area contributed by atoms with Crippen molar-refractivity contribution in [3.63, 3.8) is 0 Å². The average Bonchev–Trinajstić information content (AvgIpc) is 2.89. The Bertz CT molecular complexity index is 1220. The Morgan fingerprint density at radius 3 is 2.35 bits per heavy atom. The third kappa shape index (κ3) is 10.6. The van der Waals surface area contributed by atoms with Crippen molar-refractivity contribution in [3.8, 4) is 5.75 Å². The first-order valence-electron chi connectivity index (χ1n) is 12.5. The lowest BCUT2D eigenvalue weighted by Crippen LogP contribution is -2.48. The number of carbonyl (C=O) groups is 5. The highest BCUT2D eigenvalue weighted by atomic mass is 16.5. The number of anilines is 2. The number of urea groups is 2. The van der Waals surface area contributed by atoms with Crippen LogP contribution in [0.1, 0.15) is 24.0 Å². The molecule has 0 aliphatic carbocycles. The number of hydrogen-bond acceptors (Lipinski definition) is 7. The van der Waals surface area contributed by atoms with Crippen LogP contribution in [-0.4, -0.2) is 84.7 Å². The second-order valence-corrected chi connectivity index (χ2v) is 9.03. The molecule has 0 spiro atoms. The fourth-order valence-electron chi connectivity index (χ4n) is 3.63. The summed E-state index contributed by atoms with van der Waals surface area (Å²) in [5.41, 5.74) is 2.77. The van der Waals surface area contributed by atoms with Crippen molar-refractivity contribution in [1.29, 1.82) is 0 Å². The third-order valence-electron chi connectivity index (χ3n) is 5.80. The van der Waals surface area contributed by atoms with Crippen LogP contribution in [0.5, 0.6) is 5.75 Å². The summed E-state index contributed by atoms with van der Waals surface area (Å²) in [4.78, 5) is 60.0. The number of carboxylic acid groups (broad SMARTS) is 2. The molecule has 1 unspecified atom stereocenters. The third-order valence-corrected chi connectivity index (χ3v) is 5.80. The summed E-state index contributed by atoms with van der Waals surface area (Å²) in [6.45, 7) is 2.66. The molecule has 0 heterocycles. The molecule has 2 rings (SSSR count). The van der Waals surface area contributed by atoms with E-state index in [1.165, 1.54) is 19.1 Å². The molecular weight excluding hydrogens is 522 g/mol. The van der Waals surface area contributed by atoms with Crippen molar-refractivity contribution in [2.75, 3.05) is 44.4 Å². The van der Waals surface area contributed by atoms with Crippen LogP contribution < -0.4 is 26.0 Å². The van der Waals surface area contributed by atoms with Crippen molar-refractivity contribution >= 4 is 41.2 Å². The molecule has 13 nitrogen and oxygen atoms in total. The van der Waals surface area contributed by atoms with Gasteiger partial charge in [0.2, 0.25) is 0 Å². The van der Waals surface area contributed by atoms with E-state index in [0.717, 1.165) is 5.56 Å². The average molecular weight is 558 g/mol. The standard InChI is InChI=1S/C27H35N5O8/c1-17-7-4-5-8-20(17)29-26(38)30-21-10-9-18(14-23(21)40-3)13-19(33)16-28-11-6-12-32(2)27(39)31-22(25(36)37)15-24(34)35/h4-5,7-10,14,22,28H,6,11-13,15-16H2,1-3H3,(H,31,39)(H,34,35)(H,36,37)(H2,29,30,38). The summed E-state index contributed by atoms with van der Waals surface area (Å²) in [6.07, 6.45) is -0.110. The zero-order valence-electron chi connectivity index (χ0n) is 22.7. The van der Waals surface area contributed by atoms with E-state index in [-0.39, 0.29) is 25.3 Å². The van der Waals surface area contributed by atoms with Gasteiger partial charge in [0.25, 0.3) is 0 Å². The number of nitrogens with zero attached hydrogens (tertiary/aromatic N) is 1. The van der Waals surface area contributed by atoms with Crippen LogP contribution in [0.25, 0.3) is 0 Å². The lowest BCUT2D eigenvalue weighted by molar-refractivity contribution is -0.145. The number of Topliss-reactive ketones (excluding diaryl/α,β-unsaturated/α-hetero) is 1. The minimum atomic E-state index is -1.53. The summed E-state index contributed by atoms with van der Waals surface area (Å²) >= 11 is 0. The molecule has 13 heteroatoms. The smallest absolute Gasteiger partial charge is 0.326 e. The second kappa shape index (κ2) is 15.7. The zero-order valence-corrected chi connectivity index (χ0v) is 22.7. The highest BCUT2D eigenvalue weighted by Gasteiger charge is 2.24. The van der Waals surface area contributed by atoms with Crippen LogP contribution >= 0.6 is 0 Å². The Kier molecular flexibility index (Phi) is 12.4. The normalized spacial score (nSPS) is 11.2. The molecule has 2 aromatic rings. The number of aliphatic carboxylic acids is 2. The van der Waals surface area contributed by atoms with Gasteiger partial charge in [-0.05, 0) is 49.2 Å². The van der Waals surface area contributed by atoms with Crippen LogP contribution in [0.15, 0.2) is 42.5 Å². The van der Waals surface area contributed by atoms with Gasteiger partial charge < -0.3 is 41.1 Å². The first-order valence-corrected chi connectivity index (χ1v) is 12.5. The number of amides is 4. The van der Waals surface area contributed by atoms with Gasteiger partial charge in [0.05, 0.1) is 25.8 Å². The Balaban J connectivity index is 1.76. The van der Waals surface area contributed by atoms with E-state index in [0.29, 0.717) is 35.7 Å². The lowest BCUT2D eigenvalue weighted by Gasteiger charge is -2.20. The summed E-state index contributed by atoms with van der Waals surface area (Å²) in [5.74, 6) is -2.44. The van der Waals surface area contributed by atoms with Crippen molar-refractivity contribution in [3.05, 3.63) is 53.6 Å². The topological polar surface area (TPSA) is 186 Å². The van der Waals surface area contributed by atoms with Gasteiger partial charge in [-0.15, -0.1) is 0 Å². The van der Waals surface area contributed by atoms with Gasteiger partial charge in [0.15, 0.2) is 5.78 Å². The van der Waals surface area contributed by atoms with Gasteiger partial charge in [-0.1, -0.05) is 24.3 Å². The molecule has 40 heavy (non-hydrogen) atoms. The number of benzene rings is 2. The zero-order chi connectivity index (χ0) is 29.7. The van der Waals surface area contributed by atoms with Gasteiger partial charge in [-0.2, -0.15) is 0 Å². The molecule has 0 saturated carbocycles. The molecule has 0 saturated heterocycles. The molecule has 0 fully saturated rings. The Morgan fingerprint density at radius 1 is 1.00 bits per heavy atom. The molecule has 0 aliphatic heterocycles. The van der Waals surface area contributed by atoms with Gasteiger partial charge in [0, 0.05) is 25.7 Å². The van der Waals surface area contributed by atoms with Crippen LogP contribution in [-0.2, 0) is 20.8 Å². The van der Waals surface area contributed by atoms with E-state index >= 15 is 0 Å². The van der Waals surface area contributed by atoms with Crippen LogP contribution in [0.3, 0.4) is 0 Å². The fraction of sp³-hybridized carbons (Fsp3) is 0.370. The molecule has 0 radical (unpaired) electrons. The monoisotopic (exact) mass is 557 g/mol. The van der Waals surface area contributed by atoms with E-state index in [1.54, 1.807) is 24.3 Å². The van der Waals surface area contributed by atoms with E-state index in [4.69, 9.17) is 14.9 Å². The maximum atomic E-state index is 12.4. The molecule has 4 amide bonds. The first-order chi connectivity index (χ1) is 19.0. The van der Waals surface area contributed by atoms with Crippen LogP contribution in [0, 0.1) is 6.92 Å². The number of hydrogen-bond donors (Lipinski definition) is 6. The minimum absolute atomic E-state index is 0.0795. The predicted octanol–water partition coefficient (Wildman–Crippen LogP) is 2.31. The SMILES string of the molecule is COc1cc(CC(=O)CNCCCN(C)C(=O)NC(CC(=O)O)C(=O)O)ccc1NC(=O)Nc1ccccc1C. The number of rotatable bonds is 15. The number of ketones is 1. The number of carbonyl (C=O) groups excluding carboxylic acids is 3. The Morgan fingerprint density at radius 2 is 1.70 bits per heavy atom. The molecule has 0 bridgehead atoms. The molecule has 216 valence electrons. The second-order valence-electron chi connectivity index (χ2n) is 9.03. The van der Waals surface area contributed by atoms with Gasteiger partial charge in [0.1, 0.15) is 11.8 Å². The first kappa shape index (κ1) is 31.6. The number of methoxy groups -OCH3 is 1. The molecule has 1 atom stereocenters. The number of nitrogens with one attached hydrogen (secondary N) is 4. The highest BCUT2D eigenvalue weighted by Crippen LogP contribution is 2.26. The number of para-hydroxylation sites is 1. The number of ether oxygens (including phenoxy) is 1. The van der Waals surface area contributed by atoms with Crippen molar-refractivity contribution in [2.24, 2.45) is 0 Å². The summed E-state index contributed by atoms with van der Waals surface area (Å²) in [5, 5.41) is 28.5. The number of aryl methyl sites for hydroxylation is 1. The van der Waals surface area contributed by atoms with E-state index in [1.807, 2.05) is 25.1 Å². The maximum Gasteiger partial charge on any atom is 0.326 e. The van der Waals surface area contributed by atoms with Gasteiger partial charge in [-0.3, -0.25) is 9.59 Å². The van der Waals surface area contributed by atoms with E-state index in [9.17, 15) is 24.0 Å². The van der Waals surface area contributed by atoms with Gasteiger partial charge >= 0.3 is 24.0 Å². The predicted molar refractivity (Wildman–Crippen MR) is 148 cm³/mol. The van der Waals surface area contributed by atoms with Gasteiger partial charge in [-0.25, -0.2) is 14.4 Å². The van der Waals surface area contributed by atoms with Crippen LogP contribution in [0.2, 0.25) is 0 Å². The minimum Gasteiger partial charge on any atom is -0.495 e. The van der Waals surface area contributed by atoms with E-state index in [2.05, 4.69) is 21.3 Å². The fourth-order valence-corrected chi connectivity index (χ4v) is 3.63. The largest absolute Gasteiger partial charge is 0.495 e. The molecule has 6 N–H and O–H groups in total. The van der Waals surface area contributed by atoms with Crippen LogP contribution in [0.4, 0.5) is 21.0 Å². The summed E-state index contributed by atoms with van der Waals surface area (Å²) in [7, 11) is 2.93. The Hall–Kier alpha value is -4.65. The van der Waals surface area contributed by atoms with E-state index < -0.39 is 36.5 Å². The lowest BCUT2D eigenvalue weighted by atomic mass is 10.1. The quantitative estimate of drug-likeness (QED) is 0.179. The van der Waals surface area contributed by atoms with Crippen molar-refractivity contribution < 1.29 is 38.9 Å². The molecule has 0 aliphatic rings. The maximum absolute atomic E-state index is 12.4. The Labute approximate surface area is 231 Å². The molecule has 2 aromatic carbocycles. The summed E-state index contributed by atoms with van der Waals surface area (Å²) in [6, 6.07) is 9.81. The van der Waals surface area contributed by atoms with Crippen molar-refractivity contribution in [1.82, 2.24) is 15.5 Å². The highest BCUT2D eigenvalue weighted by molar-refractivity contribution is 6.01. The summed E-state index contributed by atoms with van der Waals surface area (Å²) < 4.78 is 5.38. The molecular formula is C27H35N5O8. The molecule has 0 aromatic heterocycles. The van der Waals surface area contributed by atoms with Crippen molar-refractivity contribution in [2.45, 2.75) is 32.2 Å².